The Balaban J connectivity index is 2.54. The van der Waals surface area contributed by atoms with E-state index in [1.165, 1.54) is 0 Å². The first kappa shape index (κ1) is 23.8. The van der Waals surface area contributed by atoms with Gasteiger partial charge in [0.05, 0.1) is 5.56 Å². The third-order valence-corrected chi connectivity index (χ3v) is 5.62. The van der Waals surface area contributed by atoms with Crippen LogP contribution >= 0.6 is 11.6 Å². The van der Waals surface area contributed by atoms with Crippen molar-refractivity contribution in [2.24, 2.45) is 0 Å². The summed E-state index contributed by atoms with van der Waals surface area (Å²) >= 11 is 6.29. The Hall–Kier alpha value is -2.52. The molecule has 0 spiro atoms. The lowest BCUT2D eigenvalue weighted by Crippen LogP contribution is -2.29. The zero-order valence-electron chi connectivity index (χ0n) is 17.4. The smallest absolute Gasteiger partial charge is 0.270 e. The number of hydrogen-bond donors (Lipinski definition) is 2. The molecule has 10 heteroatoms. The molecule has 1 heterocycles. The number of nitrogens with zero attached hydrogens (tertiary/aromatic N) is 2. The average molecular weight is 453 g/mol. The van der Waals surface area contributed by atoms with E-state index in [4.69, 9.17) is 11.6 Å². The van der Waals surface area contributed by atoms with Crippen LogP contribution in [0.25, 0.3) is 0 Å². The summed E-state index contributed by atoms with van der Waals surface area (Å²) in [6, 6.07) is 3.61. The molecular weight excluding hydrogens is 428 g/mol. The minimum Gasteiger partial charge on any atom is -0.351 e. The van der Waals surface area contributed by atoms with Gasteiger partial charge in [0.15, 0.2) is 0 Å². The molecule has 2 amide bonds. The van der Waals surface area contributed by atoms with Crippen molar-refractivity contribution in [3.8, 4) is 0 Å². The molecule has 0 aliphatic rings. The first-order valence-electron chi connectivity index (χ1n) is 9.60. The number of carbonyl (C=O) groups is 2. The summed E-state index contributed by atoms with van der Waals surface area (Å²) in [6.07, 6.45) is 3.91. The molecule has 0 saturated carbocycles. The zero-order chi connectivity index (χ0) is 22.5. The minimum absolute atomic E-state index is 0.125. The third kappa shape index (κ3) is 5.34. The van der Waals surface area contributed by atoms with Crippen LogP contribution in [0.5, 0.6) is 0 Å². The highest BCUT2D eigenvalue weighted by Gasteiger charge is 2.24. The van der Waals surface area contributed by atoms with Crippen LogP contribution in [0.15, 0.2) is 23.5 Å². The number of hydrogen-bond acceptors (Lipinski definition) is 6. The zero-order valence-corrected chi connectivity index (χ0v) is 18.9. The number of anilines is 1. The van der Waals surface area contributed by atoms with Crippen molar-refractivity contribution >= 4 is 38.9 Å². The molecule has 30 heavy (non-hydrogen) atoms. The second kappa shape index (κ2) is 9.99. The average Bonchev–Trinajstić information content (AvgIpc) is 2.71. The van der Waals surface area contributed by atoms with Crippen molar-refractivity contribution in [1.29, 1.82) is 0 Å². The van der Waals surface area contributed by atoms with Crippen molar-refractivity contribution in [2.45, 2.75) is 45.2 Å². The van der Waals surface area contributed by atoms with Crippen LogP contribution in [-0.2, 0) is 22.7 Å². The maximum absolute atomic E-state index is 13.1. The van der Waals surface area contributed by atoms with E-state index in [-0.39, 0.29) is 11.3 Å². The van der Waals surface area contributed by atoms with Gasteiger partial charge >= 0.3 is 0 Å². The number of halogens is 1. The molecule has 0 aliphatic heterocycles. The number of amides is 2. The molecule has 0 aliphatic carbocycles. The number of aromatic nitrogens is 2. The number of benzene rings is 1. The second-order valence-corrected chi connectivity index (χ2v) is 8.98. The number of nitrogens with one attached hydrogen (secondary N) is 2. The fourth-order valence-corrected chi connectivity index (χ4v) is 3.65. The van der Waals surface area contributed by atoms with Crippen molar-refractivity contribution in [3.63, 3.8) is 0 Å². The first-order valence-corrected chi connectivity index (χ1v) is 11.9. The SMILES string of the molecule is CCCNC(=O)c1nc(S(C)(=O)=O)ncc1C(=O)Nc1c(CC)ccc(Cl)c1CC. The van der Waals surface area contributed by atoms with Gasteiger partial charge in [-0.25, -0.2) is 18.4 Å². The van der Waals surface area contributed by atoms with Gasteiger partial charge in [-0.1, -0.05) is 38.4 Å². The summed E-state index contributed by atoms with van der Waals surface area (Å²) in [5.41, 5.74) is 1.81. The van der Waals surface area contributed by atoms with Crippen molar-refractivity contribution < 1.29 is 18.0 Å². The fourth-order valence-electron chi connectivity index (χ4n) is 2.85. The number of rotatable bonds is 8. The topological polar surface area (TPSA) is 118 Å². The molecule has 0 bridgehead atoms. The lowest BCUT2D eigenvalue weighted by Gasteiger charge is -2.17. The van der Waals surface area contributed by atoms with E-state index in [0.717, 1.165) is 23.6 Å². The maximum Gasteiger partial charge on any atom is 0.270 e. The van der Waals surface area contributed by atoms with E-state index >= 15 is 0 Å². The Labute approximate surface area is 181 Å². The van der Waals surface area contributed by atoms with Gasteiger partial charge in [0.1, 0.15) is 5.69 Å². The van der Waals surface area contributed by atoms with Gasteiger partial charge in [0.2, 0.25) is 15.0 Å². The molecule has 2 N–H and O–H groups in total. The summed E-state index contributed by atoms with van der Waals surface area (Å²) in [6.45, 7) is 6.09. The molecular formula is C20H25ClN4O4S. The highest BCUT2D eigenvalue weighted by molar-refractivity contribution is 7.90. The predicted octanol–water partition coefficient (Wildman–Crippen LogP) is 3.05. The number of sulfone groups is 1. The van der Waals surface area contributed by atoms with Crippen LogP contribution in [0.2, 0.25) is 5.02 Å². The molecule has 1 aromatic carbocycles. The third-order valence-electron chi connectivity index (χ3n) is 4.41. The Morgan fingerprint density at radius 1 is 1.10 bits per heavy atom. The van der Waals surface area contributed by atoms with Gasteiger partial charge in [0, 0.05) is 29.7 Å². The summed E-state index contributed by atoms with van der Waals surface area (Å²) in [5.74, 6) is -1.27. The Morgan fingerprint density at radius 3 is 2.37 bits per heavy atom. The van der Waals surface area contributed by atoms with Crippen LogP contribution in [0, 0.1) is 0 Å². The van der Waals surface area contributed by atoms with E-state index < -0.39 is 26.8 Å². The molecule has 0 fully saturated rings. The summed E-state index contributed by atoms with van der Waals surface area (Å²) < 4.78 is 23.7. The van der Waals surface area contributed by atoms with E-state index in [1.54, 1.807) is 6.07 Å². The highest BCUT2D eigenvalue weighted by atomic mass is 35.5. The molecule has 0 saturated heterocycles. The second-order valence-electron chi connectivity index (χ2n) is 6.66. The van der Waals surface area contributed by atoms with Gasteiger partial charge in [0.25, 0.3) is 11.8 Å². The summed E-state index contributed by atoms with van der Waals surface area (Å²) in [7, 11) is -3.76. The van der Waals surface area contributed by atoms with E-state index in [0.29, 0.717) is 36.5 Å². The van der Waals surface area contributed by atoms with E-state index in [9.17, 15) is 18.0 Å². The van der Waals surface area contributed by atoms with Crippen molar-refractivity contribution in [1.82, 2.24) is 15.3 Å². The lowest BCUT2D eigenvalue weighted by molar-refractivity contribution is 0.0933. The Kier molecular flexibility index (Phi) is 7.91. The summed E-state index contributed by atoms with van der Waals surface area (Å²) in [4.78, 5) is 33.3. The Bertz CT molecular complexity index is 1070. The maximum atomic E-state index is 13.1. The predicted molar refractivity (Wildman–Crippen MR) is 116 cm³/mol. The molecule has 0 unspecified atom stereocenters. The molecule has 0 atom stereocenters. The molecule has 0 radical (unpaired) electrons. The molecule has 1 aromatic heterocycles. The molecule has 2 aromatic rings. The lowest BCUT2D eigenvalue weighted by atomic mass is 10.0. The first-order chi connectivity index (χ1) is 14.1. The van der Waals surface area contributed by atoms with Crippen LogP contribution < -0.4 is 10.6 Å². The molecule has 2 rings (SSSR count). The standard InChI is InChI=1S/C20H25ClN4O4S/c1-5-10-22-19(27)17-14(11-23-20(25-17)30(4,28)29)18(26)24-16-12(6-2)8-9-15(21)13(16)7-3/h8-9,11H,5-7,10H2,1-4H3,(H,22,27)(H,24,26). The van der Waals surface area contributed by atoms with E-state index in [1.807, 2.05) is 26.8 Å². The van der Waals surface area contributed by atoms with Crippen LogP contribution in [-0.4, -0.2) is 43.0 Å². The van der Waals surface area contributed by atoms with Crippen LogP contribution in [0.1, 0.15) is 59.2 Å². The van der Waals surface area contributed by atoms with E-state index in [2.05, 4.69) is 20.6 Å². The van der Waals surface area contributed by atoms with Gasteiger partial charge in [-0.15, -0.1) is 0 Å². The fraction of sp³-hybridized carbons (Fsp3) is 0.400. The van der Waals surface area contributed by atoms with Crippen LogP contribution in [0.3, 0.4) is 0 Å². The van der Waals surface area contributed by atoms with Gasteiger partial charge in [-0.05, 0) is 36.5 Å². The van der Waals surface area contributed by atoms with Crippen molar-refractivity contribution in [3.05, 3.63) is 45.7 Å². The monoisotopic (exact) mass is 452 g/mol. The van der Waals surface area contributed by atoms with Crippen molar-refractivity contribution in [2.75, 3.05) is 18.1 Å². The van der Waals surface area contributed by atoms with Gasteiger partial charge in [-0.2, -0.15) is 0 Å². The van der Waals surface area contributed by atoms with Crippen LogP contribution in [0.4, 0.5) is 5.69 Å². The summed E-state index contributed by atoms with van der Waals surface area (Å²) in [5, 5.41) is 5.43. The minimum atomic E-state index is -3.76. The number of aryl methyl sites for hydroxylation is 1. The normalized spacial score (nSPS) is 11.2. The van der Waals surface area contributed by atoms with Gasteiger partial charge in [-0.3, -0.25) is 9.59 Å². The highest BCUT2D eigenvalue weighted by Crippen LogP contribution is 2.30. The molecule has 8 nitrogen and oxygen atoms in total. The number of carbonyl (C=O) groups excluding carboxylic acids is 2. The molecule has 162 valence electrons. The quantitative estimate of drug-likeness (QED) is 0.594. The Morgan fingerprint density at radius 2 is 1.80 bits per heavy atom. The largest absolute Gasteiger partial charge is 0.351 e. The van der Waals surface area contributed by atoms with Gasteiger partial charge < -0.3 is 10.6 Å².